The molecule has 2 nitrogen and oxygen atoms in total. The number of allylic oxidation sites excluding steroid dienone is 4. The van der Waals surface area contributed by atoms with Crippen LogP contribution in [0, 0.1) is 34.5 Å². The van der Waals surface area contributed by atoms with E-state index in [4.69, 9.17) is 0 Å². The fourth-order valence-electron chi connectivity index (χ4n) is 6.97. The van der Waals surface area contributed by atoms with Gasteiger partial charge in [-0.15, -0.1) is 0 Å². The van der Waals surface area contributed by atoms with E-state index < -0.39 is 0 Å². The third-order valence-electron chi connectivity index (χ3n) is 8.29. The van der Waals surface area contributed by atoms with Gasteiger partial charge >= 0.3 is 0 Å². The molecule has 4 rings (SSSR count). The van der Waals surface area contributed by atoms with Crippen molar-refractivity contribution < 1.29 is 9.59 Å². The van der Waals surface area contributed by atoms with Gasteiger partial charge in [0.25, 0.3) is 0 Å². The first-order valence-electron chi connectivity index (χ1n) is 9.87. The molecule has 3 saturated carbocycles. The molecule has 0 heterocycles. The zero-order chi connectivity index (χ0) is 17.1. The van der Waals surface area contributed by atoms with Crippen LogP contribution in [0.5, 0.6) is 0 Å². The highest BCUT2D eigenvalue weighted by molar-refractivity contribution is 6.01. The SMILES string of the molecule is CCC(=O)C1CCC2C3CCC4=CC(=O)C=CC4(C)C3CCC12C. The summed E-state index contributed by atoms with van der Waals surface area (Å²) < 4.78 is 0. The van der Waals surface area contributed by atoms with Gasteiger partial charge < -0.3 is 0 Å². The molecule has 2 heteroatoms. The Morgan fingerprint density at radius 1 is 1.17 bits per heavy atom. The van der Waals surface area contributed by atoms with Gasteiger partial charge in [-0.3, -0.25) is 9.59 Å². The number of carbonyl (C=O) groups is 2. The highest BCUT2D eigenvalue weighted by Crippen LogP contribution is 2.66. The lowest BCUT2D eigenvalue weighted by atomic mass is 9.47. The van der Waals surface area contributed by atoms with Crippen LogP contribution in [0.4, 0.5) is 0 Å². The minimum Gasteiger partial charge on any atom is -0.299 e. The van der Waals surface area contributed by atoms with Crippen LogP contribution in [0.2, 0.25) is 0 Å². The van der Waals surface area contributed by atoms with E-state index in [0.29, 0.717) is 30.0 Å². The van der Waals surface area contributed by atoms with Gasteiger partial charge in [-0.1, -0.05) is 32.4 Å². The Bertz CT molecular complexity index is 642. The Morgan fingerprint density at radius 3 is 2.71 bits per heavy atom. The van der Waals surface area contributed by atoms with Gasteiger partial charge in [0.2, 0.25) is 0 Å². The van der Waals surface area contributed by atoms with Crippen molar-refractivity contribution in [3.63, 3.8) is 0 Å². The highest BCUT2D eigenvalue weighted by Gasteiger charge is 2.59. The number of fused-ring (bicyclic) bond motifs is 5. The molecule has 0 aromatic rings. The molecule has 6 atom stereocenters. The molecule has 0 saturated heterocycles. The van der Waals surface area contributed by atoms with E-state index in [9.17, 15) is 9.59 Å². The first kappa shape index (κ1) is 16.3. The second-order valence-corrected chi connectivity index (χ2v) is 9.10. The van der Waals surface area contributed by atoms with Crippen LogP contribution in [0.25, 0.3) is 0 Å². The van der Waals surface area contributed by atoms with Crippen LogP contribution in [-0.2, 0) is 9.59 Å². The fraction of sp³-hybridized carbons (Fsp3) is 0.727. The Labute approximate surface area is 145 Å². The van der Waals surface area contributed by atoms with Crippen molar-refractivity contribution in [3.05, 3.63) is 23.8 Å². The second-order valence-electron chi connectivity index (χ2n) is 9.10. The molecule has 0 N–H and O–H groups in total. The van der Waals surface area contributed by atoms with Crippen molar-refractivity contribution in [3.8, 4) is 0 Å². The van der Waals surface area contributed by atoms with Crippen molar-refractivity contribution >= 4 is 11.6 Å². The quantitative estimate of drug-likeness (QED) is 0.724. The summed E-state index contributed by atoms with van der Waals surface area (Å²) in [4.78, 5) is 24.3. The van der Waals surface area contributed by atoms with Crippen LogP contribution >= 0.6 is 0 Å². The molecular formula is C22H30O2. The van der Waals surface area contributed by atoms with Crippen LogP contribution in [0.3, 0.4) is 0 Å². The van der Waals surface area contributed by atoms with Crippen molar-refractivity contribution in [2.24, 2.45) is 34.5 Å². The normalized spacial score (nSPS) is 46.8. The Balaban J connectivity index is 1.66. The van der Waals surface area contributed by atoms with Crippen LogP contribution < -0.4 is 0 Å². The van der Waals surface area contributed by atoms with Crippen LogP contribution in [0.15, 0.2) is 23.8 Å². The number of rotatable bonds is 2. The molecule has 4 aliphatic rings. The molecule has 0 bridgehead atoms. The molecule has 3 fully saturated rings. The van der Waals surface area contributed by atoms with Gasteiger partial charge in [0.1, 0.15) is 5.78 Å². The van der Waals surface area contributed by atoms with E-state index in [1.165, 1.54) is 31.3 Å². The summed E-state index contributed by atoms with van der Waals surface area (Å²) in [6.45, 7) is 6.78. The lowest BCUT2D eigenvalue weighted by Gasteiger charge is -2.57. The number of carbonyl (C=O) groups excluding carboxylic acids is 2. The number of hydrogen-bond donors (Lipinski definition) is 0. The Morgan fingerprint density at radius 2 is 1.96 bits per heavy atom. The Kier molecular flexibility index (Phi) is 3.67. The lowest BCUT2D eigenvalue weighted by Crippen LogP contribution is -2.50. The van der Waals surface area contributed by atoms with Crippen molar-refractivity contribution in [1.29, 1.82) is 0 Å². The van der Waals surface area contributed by atoms with E-state index in [1.807, 2.05) is 13.0 Å². The summed E-state index contributed by atoms with van der Waals surface area (Å²) in [5, 5.41) is 0. The molecule has 24 heavy (non-hydrogen) atoms. The van der Waals surface area contributed by atoms with Gasteiger partial charge in [-0.2, -0.15) is 0 Å². The van der Waals surface area contributed by atoms with Gasteiger partial charge in [0, 0.05) is 17.8 Å². The minimum absolute atomic E-state index is 0.0744. The average molecular weight is 326 g/mol. The summed E-state index contributed by atoms with van der Waals surface area (Å²) in [6, 6.07) is 0. The molecule has 0 aliphatic heterocycles. The first-order chi connectivity index (χ1) is 11.4. The second kappa shape index (κ2) is 5.41. The summed E-state index contributed by atoms with van der Waals surface area (Å²) in [5.74, 6) is 3.01. The van der Waals surface area contributed by atoms with E-state index in [2.05, 4.69) is 19.9 Å². The molecule has 0 aromatic carbocycles. The topological polar surface area (TPSA) is 34.1 Å². The molecule has 6 unspecified atom stereocenters. The largest absolute Gasteiger partial charge is 0.299 e. The molecular weight excluding hydrogens is 296 g/mol. The predicted octanol–water partition coefficient (Wildman–Crippen LogP) is 4.89. The smallest absolute Gasteiger partial charge is 0.178 e. The third kappa shape index (κ3) is 2.07. The maximum absolute atomic E-state index is 12.5. The molecule has 0 spiro atoms. The van der Waals surface area contributed by atoms with Crippen LogP contribution in [-0.4, -0.2) is 11.6 Å². The van der Waals surface area contributed by atoms with E-state index >= 15 is 0 Å². The third-order valence-corrected chi connectivity index (χ3v) is 8.29. The van der Waals surface area contributed by atoms with Crippen molar-refractivity contribution in [2.75, 3.05) is 0 Å². The van der Waals surface area contributed by atoms with E-state index in [0.717, 1.165) is 18.8 Å². The molecule has 130 valence electrons. The van der Waals surface area contributed by atoms with Gasteiger partial charge in [0.05, 0.1) is 0 Å². The molecule has 0 radical (unpaired) electrons. The number of ketones is 2. The van der Waals surface area contributed by atoms with Gasteiger partial charge in [0.15, 0.2) is 5.78 Å². The number of hydrogen-bond acceptors (Lipinski definition) is 2. The van der Waals surface area contributed by atoms with E-state index in [1.54, 1.807) is 6.08 Å². The predicted molar refractivity (Wildman–Crippen MR) is 95.4 cm³/mol. The number of Topliss-reactive ketones (excluding diaryl/α,β-unsaturated/α-hetero) is 1. The zero-order valence-electron chi connectivity index (χ0n) is 15.3. The fourth-order valence-corrected chi connectivity index (χ4v) is 6.97. The van der Waals surface area contributed by atoms with Gasteiger partial charge in [-0.05, 0) is 73.8 Å². The van der Waals surface area contributed by atoms with Crippen molar-refractivity contribution in [2.45, 2.75) is 65.7 Å². The standard InChI is InChI=1S/C22H30O2/c1-4-20(24)19-8-7-17-16-6-5-14-13-15(23)9-11-21(14,2)18(16)10-12-22(17,19)3/h9,11,13,16-19H,4-8,10,12H2,1-3H3. The summed E-state index contributed by atoms with van der Waals surface area (Å²) in [5.41, 5.74) is 1.66. The van der Waals surface area contributed by atoms with Gasteiger partial charge in [-0.25, -0.2) is 0 Å². The summed E-state index contributed by atoms with van der Waals surface area (Å²) >= 11 is 0. The van der Waals surface area contributed by atoms with Crippen LogP contribution in [0.1, 0.15) is 65.7 Å². The molecule has 0 aromatic heterocycles. The highest BCUT2D eigenvalue weighted by atomic mass is 16.1. The summed E-state index contributed by atoms with van der Waals surface area (Å²) in [6.07, 6.45) is 13.6. The minimum atomic E-state index is 0.0744. The van der Waals surface area contributed by atoms with E-state index in [-0.39, 0.29) is 16.6 Å². The Hall–Kier alpha value is -1.18. The first-order valence-corrected chi connectivity index (χ1v) is 9.87. The molecule has 4 aliphatic carbocycles. The summed E-state index contributed by atoms with van der Waals surface area (Å²) in [7, 11) is 0. The zero-order valence-corrected chi connectivity index (χ0v) is 15.3. The van der Waals surface area contributed by atoms with Crippen molar-refractivity contribution in [1.82, 2.24) is 0 Å². The average Bonchev–Trinajstić information content (AvgIpc) is 2.92. The lowest BCUT2D eigenvalue weighted by molar-refractivity contribution is -0.129. The molecule has 0 amide bonds. The monoisotopic (exact) mass is 326 g/mol. The maximum atomic E-state index is 12.5. The maximum Gasteiger partial charge on any atom is 0.178 e.